The predicted molar refractivity (Wildman–Crippen MR) is 63.8 cm³/mol. The lowest BCUT2D eigenvalue weighted by molar-refractivity contribution is -0.122. The maximum atomic E-state index is 11.0. The van der Waals surface area contributed by atoms with Gasteiger partial charge in [-0.3, -0.25) is 9.59 Å². The van der Waals surface area contributed by atoms with E-state index in [0.717, 1.165) is 42.8 Å². The van der Waals surface area contributed by atoms with Gasteiger partial charge in [-0.1, -0.05) is 0 Å². The molecule has 0 unspecified atom stereocenters. The van der Waals surface area contributed by atoms with Crippen LogP contribution in [-0.2, 0) is 4.79 Å². The van der Waals surface area contributed by atoms with Gasteiger partial charge in [0.2, 0.25) is 5.91 Å². The highest BCUT2D eigenvalue weighted by molar-refractivity contribution is 7.12. The minimum atomic E-state index is -0.196. The summed E-state index contributed by atoms with van der Waals surface area (Å²) in [6.45, 7) is 1.67. The molecule has 4 nitrogen and oxygen atoms in total. The molecule has 0 atom stereocenters. The van der Waals surface area contributed by atoms with Crippen molar-refractivity contribution in [1.82, 2.24) is 0 Å². The molecule has 0 saturated carbocycles. The summed E-state index contributed by atoms with van der Waals surface area (Å²) in [7, 11) is 0. The number of hydrogen-bond donors (Lipinski definition) is 1. The summed E-state index contributed by atoms with van der Waals surface area (Å²) < 4.78 is 0. The van der Waals surface area contributed by atoms with Crippen LogP contribution < -0.4 is 10.6 Å². The van der Waals surface area contributed by atoms with Crippen LogP contribution >= 0.6 is 11.3 Å². The zero-order valence-electron chi connectivity index (χ0n) is 8.89. The van der Waals surface area contributed by atoms with Crippen LogP contribution in [-0.4, -0.2) is 25.3 Å². The monoisotopic (exact) mass is 238 g/mol. The maximum Gasteiger partial charge on any atom is 0.220 e. The summed E-state index contributed by atoms with van der Waals surface area (Å²) in [4.78, 5) is 24.5. The first-order chi connectivity index (χ1) is 7.70. The minimum absolute atomic E-state index is 0.0143. The van der Waals surface area contributed by atoms with Gasteiger partial charge in [-0.15, -0.1) is 11.3 Å². The van der Waals surface area contributed by atoms with Crippen molar-refractivity contribution in [2.45, 2.75) is 12.8 Å². The molecule has 1 fully saturated rings. The molecule has 0 aliphatic carbocycles. The maximum absolute atomic E-state index is 11.0. The largest absolute Gasteiger partial charge is 0.371 e. The van der Waals surface area contributed by atoms with E-state index < -0.39 is 0 Å². The number of anilines is 1. The second-order valence-corrected chi connectivity index (χ2v) is 4.93. The fourth-order valence-corrected chi connectivity index (χ4v) is 2.71. The van der Waals surface area contributed by atoms with Crippen molar-refractivity contribution in [3.8, 4) is 0 Å². The van der Waals surface area contributed by atoms with Crippen LogP contribution in [0.25, 0.3) is 0 Å². The van der Waals surface area contributed by atoms with E-state index in [-0.39, 0.29) is 11.8 Å². The van der Waals surface area contributed by atoms with Gasteiger partial charge in [0.25, 0.3) is 0 Å². The number of amides is 1. The number of nitrogens with two attached hydrogens (primary N) is 1. The van der Waals surface area contributed by atoms with Gasteiger partial charge in [0.15, 0.2) is 6.29 Å². The Morgan fingerprint density at radius 2 is 2.19 bits per heavy atom. The number of primary amides is 1. The minimum Gasteiger partial charge on any atom is -0.371 e. The predicted octanol–water partition coefficient (Wildman–Crippen LogP) is 1.26. The smallest absolute Gasteiger partial charge is 0.220 e. The molecular formula is C11H14N2O2S. The van der Waals surface area contributed by atoms with E-state index in [0.29, 0.717) is 0 Å². The highest BCUT2D eigenvalue weighted by Gasteiger charge is 2.23. The van der Waals surface area contributed by atoms with Crippen LogP contribution in [0, 0.1) is 5.92 Å². The second-order valence-electron chi connectivity index (χ2n) is 3.99. The van der Waals surface area contributed by atoms with Crippen molar-refractivity contribution in [2.24, 2.45) is 11.7 Å². The Labute approximate surface area is 98.0 Å². The van der Waals surface area contributed by atoms with E-state index in [9.17, 15) is 9.59 Å². The average molecular weight is 238 g/mol. The molecule has 1 amide bonds. The SMILES string of the molecule is NC(=O)C1CCN(c2csc(C=O)c2)CC1. The molecule has 2 rings (SSSR count). The van der Waals surface area contributed by atoms with Crippen LogP contribution in [0.4, 0.5) is 5.69 Å². The third-order valence-corrected chi connectivity index (χ3v) is 3.83. The highest BCUT2D eigenvalue weighted by atomic mass is 32.1. The second kappa shape index (κ2) is 4.65. The molecule has 0 spiro atoms. The molecule has 0 radical (unpaired) electrons. The molecule has 86 valence electrons. The Balaban J connectivity index is 1.98. The summed E-state index contributed by atoms with van der Waals surface area (Å²) in [6, 6.07) is 1.89. The van der Waals surface area contributed by atoms with Gasteiger partial charge >= 0.3 is 0 Å². The first kappa shape index (κ1) is 11.1. The Morgan fingerprint density at radius 3 is 2.69 bits per heavy atom. The van der Waals surface area contributed by atoms with Crippen LogP contribution in [0.15, 0.2) is 11.4 Å². The van der Waals surface area contributed by atoms with Gasteiger partial charge in [0, 0.05) is 30.1 Å². The standard InChI is InChI=1S/C11H14N2O2S/c12-11(15)8-1-3-13(4-2-8)9-5-10(6-14)16-7-9/h5-8H,1-4H2,(H2,12,15). The number of thiophene rings is 1. The Morgan fingerprint density at radius 1 is 1.50 bits per heavy atom. The number of rotatable bonds is 3. The number of nitrogens with zero attached hydrogens (tertiary/aromatic N) is 1. The molecule has 1 aromatic heterocycles. The van der Waals surface area contributed by atoms with Crippen LogP contribution in [0.3, 0.4) is 0 Å². The lowest BCUT2D eigenvalue weighted by Crippen LogP contribution is -2.38. The van der Waals surface area contributed by atoms with Gasteiger partial charge in [-0.2, -0.15) is 0 Å². The van der Waals surface area contributed by atoms with Gasteiger partial charge in [0.1, 0.15) is 0 Å². The topological polar surface area (TPSA) is 63.4 Å². The van der Waals surface area contributed by atoms with E-state index in [1.54, 1.807) is 0 Å². The molecular weight excluding hydrogens is 224 g/mol. The van der Waals surface area contributed by atoms with E-state index in [4.69, 9.17) is 5.73 Å². The third-order valence-electron chi connectivity index (χ3n) is 2.98. The zero-order valence-corrected chi connectivity index (χ0v) is 9.70. The number of piperidine rings is 1. The molecule has 0 bridgehead atoms. The summed E-state index contributed by atoms with van der Waals surface area (Å²) in [5.41, 5.74) is 6.35. The summed E-state index contributed by atoms with van der Waals surface area (Å²) >= 11 is 1.45. The average Bonchev–Trinajstić information content (AvgIpc) is 2.77. The number of aldehydes is 1. The van der Waals surface area contributed by atoms with E-state index >= 15 is 0 Å². The molecule has 2 heterocycles. The van der Waals surface area contributed by atoms with Gasteiger partial charge in [0.05, 0.1) is 4.88 Å². The van der Waals surface area contributed by atoms with Gasteiger partial charge in [-0.05, 0) is 18.9 Å². The Kier molecular flexibility index (Phi) is 3.24. The first-order valence-electron chi connectivity index (χ1n) is 5.28. The first-order valence-corrected chi connectivity index (χ1v) is 6.16. The third kappa shape index (κ3) is 2.24. The fraction of sp³-hybridized carbons (Fsp3) is 0.455. The van der Waals surface area contributed by atoms with Crippen molar-refractivity contribution in [3.63, 3.8) is 0 Å². The van der Waals surface area contributed by atoms with Crippen LogP contribution in [0.2, 0.25) is 0 Å². The van der Waals surface area contributed by atoms with E-state index in [1.807, 2.05) is 11.4 Å². The van der Waals surface area contributed by atoms with Crippen molar-refractivity contribution >= 4 is 29.2 Å². The van der Waals surface area contributed by atoms with Gasteiger partial charge in [-0.25, -0.2) is 0 Å². The molecule has 16 heavy (non-hydrogen) atoms. The van der Waals surface area contributed by atoms with Crippen molar-refractivity contribution in [2.75, 3.05) is 18.0 Å². The van der Waals surface area contributed by atoms with Gasteiger partial charge < -0.3 is 10.6 Å². The van der Waals surface area contributed by atoms with Crippen molar-refractivity contribution in [1.29, 1.82) is 0 Å². The Hall–Kier alpha value is -1.36. The molecule has 1 aromatic rings. The summed E-state index contributed by atoms with van der Waals surface area (Å²) in [5.74, 6) is -0.182. The zero-order chi connectivity index (χ0) is 11.5. The molecule has 1 aliphatic heterocycles. The number of carbonyl (C=O) groups excluding carboxylic acids is 2. The highest BCUT2D eigenvalue weighted by Crippen LogP contribution is 2.26. The summed E-state index contributed by atoms with van der Waals surface area (Å²) in [5, 5.41) is 1.98. The van der Waals surface area contributed by atoms with Crippen LogP contribution in [0.1, 0.15) is 22.5 Å². The van der Waals surface area contributed by atoms with Crippen molar-refractivity contribution < 1.29 is 9.59 Å². The molecule has 5 heteroatoms. The molecule has 2 N–H and O–H groups in total. The number of hydrogen-bond acceptors (Lipinski definition) is 4. The van der Waals surface area contributed by atoms with Crippen molar-refractivity contribution in [3.05, 3.63) is 16.3 Å². The van der Waals surface area contributed by atoms with Crippen LogP contribution in [0.5, 0.6) is 0 Å². The van der Waals surface area contributed by atoms with E-state index in [1.165, 1.54) is 11.3 Å². The molecule has 1 aliphatic rings. The fourth-order valence-electron chi connectivity index (χ4n) is 1.99. The molecule has 0 aromatic carbocycles. The Bertz CT molecular complexity index is 394. The molecule has 1 saturated heterocycles. The van der Waals surface area contributed by atoms with E-state index in [2.05, 4.69) is 4.90 Å². The lowest BCUT2D eigenvalue weighted by Gasteiger charge is -2.31. The number of carbonyl (C=O) groups is 2. The quantitative estimate of drug-likeness (QED) is 0.806. The normalized spacial score (nSPS) is 17.4. The lowest BCUT2D eigenvalue weighted by atomic mass is 9.96. The summed E-state index contributed by atoms with van der Waals surface area (Å²) in [6.07, 6.45) is 2.48.